The Kier molecular flexibility index (Phi) is 1.70. The van der Waals surface area contributed by atoms with E-state index in [-0.39, 0.29) is 0 Å². The first kappa shape index (κ1) is 8.45. The number of aromatic nitrogens is 3. The quantitative estimate of drug-likeness (QED) is 0.718. The molecule has 0 N–H and O–H groups in total. The van der Waals surface area contributed by atoms with Gasteiger partial charge in [-0.1, -0.05) is 0 Å². The predicted octanol–water partition coefficient (Wildman–Crippen LogP) is 2.37. The standard InChI is InChI=1S/C11H17N3/c1-7(2)14-6-12-13-11(14)10-4-8-3-9(8)5-10/h6-10H,3-5H2,1-2H3. The monoisotopic (exact) mass is 191 g/mol. The Bertz CT molecular complexity index is 332. The van der Waals surface area contributed by atoms with Gasteiger partial charge in [-0.25, -0.2) is 0 Å². The van der Waals surface area contributed by atoms with Crippen LogP contribution >= 0.6 is 0 Å². The van der Waals surface area contributed by atoms with E-state index in [1.54, 1.807) is 0 Å². The van der Waals surface area contributed by atoms with Crippen molar-refractivity contribution in [3.05, 3.63) is 12.2 Å². The summed E-state index contributed by atoms with van der Waals surface area (Å²) >= 11 is 0. The number of nitrogens with zero attached hydrogens (tertiary/aromatic N) is 3. The third kappa shape index (κ3) is 1.18. The van der Waals surface area contributed by atoms with Crippen molar-refractivity contribution in [1.29, 1.82) is 0 Å². The third-order valence-electron chi connectivity index (χ3n) is 3.77. The van der Waals surface area contributed by atoms with Crippen molar-refractivity contribution in [3.8, 4) is 0 Å². The van der Waals surface area contributed by atoms with E-state index in [4.69, 9.17) is 0 Å². The van der Waals surface area contributed by atoms with Crippen LogP contribution in [0, 0.1) is 11.8 Å². The fraction of sp³-hybridized carbons (Fsp3) is 0.818. The van der Waals surface area contributed by atoms with Crippen molar-refractivity contribution >= 4 is 0 Å². The topological polar surface area (TPSA) is 30.7 Å². The van der Waals surface area contributed by atoms with Gasteiger partial charge in [0, 0.05) is 12.0 Å². The smallest absolute Gasteiger partial charge is 0.136 e. The van der Waals surface area contributed by atoms with Crippen LogP contribution in [0.2, 0.25) is 0 Å². The maximum absolute atomic E-state index is 4.29. The molecule has 2 aliphatic rings. The molecular weight excluding hydrogens is 174 g/mol. The van der Waals surface area contributed by atoms with Crippen LogP contribution in [0.4, 0.5) is 0 Å². The molecule has 3 heteroatoms. The van der Waals surface area contributed by atoms with Gasteiger partial charge < -0.3 is 4.57 Å². The molecule has 76 valence electrons. The minimum atomic E-state index is 0.497. The third-order valence-corrected chi connectivity index (χ3v) is 3.77. The van der Waals surface area contributed by atoms with Gasteiger partial charge in [0.15, 0.2) is 0 Å². The van der Waals surface area contributed by atoms with Gasteiger partial charge in [-0.3, -0.25) is 0 Å². The Morgan fingerprint density at radius 3 is 2.64 bits per heavy atom. The molecule has 1 aromatic heterocycles. The molecule has 14 heavy (non-hydrogen) atoms. The maximum Gasteiger partial charge on any atom is 0.136 e. The molecule has 0 bridgehead atoms. The van der Waals surface area contributed by atoms with Gasteiger partial charge >= 0.3 is 0 Å². The Labute approximate surface area is 84.5 Å². The van der Waals surface area contributed by atoms with Crippen LogP contribution in [0.3, 0.4) is 0 Å². The number of rotatable bonds is 2. The van der Waals surface area contributed by atoms with Gasteiger partial charge in [-0.2, -0.15) is 0 Å². The number of fused-ring (bicyclic) bond motifs is 1. The Balaban J connectivity index is 1.85. The molecule has 0 aromatic carbocycles. The molecular formula is C11H17N3. The molecule has 0 amide bonds. The van der Waals surface area contributed by atoms with Crippen LogP contribution in [-0.4, -0.2) is 14.8 Å². The second-order valence-corrected chi connectivity index (χ2v) is 5.11. The lowest BCUT2D eigenvalue weighted by molar-refractivity contribution is 0.504. The van der Waals surface area contributed by atoms with Gasteiger partial charge in [-0.15, -0.1) is 10.2 Å². The average Bonchev–Trinajstić information content (AvgIpc) is 2.69. The first-order valence-corrected chi connectivity index (χ1v) is 5.65. The Hall–Kier alpha value is -0.860. The molecule has 2 unspecified atom stereocenters. The highest BCUT2D eigenvalue weighted by Gasteiger charge is 2.47. The molecule has 0 saturated heterocycles. The molecule has 0 spiro atoms. The van der Waals surface area contributed by atoms with E-state index in [1.807, 2.05) is 6.33 Å². The van der Waals surface area contributed by atoms with Crippen molar-refractivity contribution in [2.45, 2.75) is 45.1 Å². The Morgan fingerprint density at radius 1 is 1.29 bits per heavy atom. The van der Waals surface area contributed by atoms with Crippen LogP contribution in [0.15, 0.2) is 6.33 Å². The van der Waals surface area contributed by atoms with Crippen LogP contribution in [0.25, 0.3) is 0 Å². The van der Waals surface area contributed by atoms with Gasteiger partial charge in [-0.05, 0) is 44.9 Å². The van der Waals surface area contributed by atoms with Gasteiger partial charge in [0.1, 0.15) is 12.2 Å². The lowest BCUT2D eigenvalue weighted by Gasteiger charge is -2.15. The summed E-state index contributed by atoms with van der Waals surface area (Å²) in [6, 6.07) is 0.497. The first-order chi connectivity index (χ1) is 6.75. The second-order valence-electron chi connectivity index (χ2n) is 5.11. The van der Waals surface area contributed by atoms with E-state index in [0.29, 0.717) is 12.0 Å². The highest BCUT2D eigenvalue weighted by Crippen LogP contribution is 2.57. The molecule has 3 nitrogen and oxygen atoms in total. The summed E-state index contributed by atoms with van der Waals surface area (Å²) in [5, 5.41) is 8.33. The van der Waals surface area contributed by atoms with Crippen LogP contribution in [0.5, 0.6) is 0 Å². The van der Waals surface area contributed by atoms with Crippen LogP contribution in [-0.2, 0) is 0 Å². The summed E-state index contributed by atoms with van der Waals surface area (Å²) in [6.07, 6.45) is 6.07. The van der Waals surface area contributed by atoms with Gasteiger partial charge in [0.2, 0.25) is 0 Å². The SMILES string of the molecule is CC(C)n1cnnc1C1CC2CC2C1. The normalized spacial score (nSPS) is 34.9. The Morgan fingerprint density at radius 2 is 2.00 bits per heavy atom. The summed E-state index contributed by atoms with van der Waals surface area (Å²) in [4.78, 5) is 0. The number of hydrogen-bond donors (Lipinski definition) is 0. The second kappa shape index (κ2) is 2.81. The summed E-state index contributed by atoms with van der Waals surface area (Å²) in [7, 11) is 0. The number of hydrogen-bond acceptors (Lipinski definition) is 2. The maximum atomic E-state index is 4.29. The fourth-order valence-corrected chi connectivity index (χ4v) is 2.87. The molecule has 1 heterocycles. The van der Waals surface area contributed by atoms with E-state index in [0.717, 1.165) is 11.8 Å². The molecule has 3 rings (SSSR count). The zero-order valence-electron chi connectivity index (χ0n) is 8.85. The summed E-state index contributed by atoms with van der Waals surface area (Å²) in [5.41, 5.74) is 0. The van der Waals surface area contributed by atoms with Crippen LogP contribution < -0.4 is 0 Å². The van der Waals surface area contributed by atoms with E-state index in [1.165, 1.54) is 25.1 Å². The fourth-order valence-electron chi connectivity index (χ4n) is 2.87. The molecule has 2 atom stereocenters. The van der Waals surface area contributed by atoms with Gasteiger partial charge in [0.05, 0.1) is 0 Å². The molecule has 0 aliphatic heterocycles. The molecule has 2 fully saturated rings. The highest BCUT2D eigenvalue weighted by atomic mass is 15.3. The summed E-state index contributed by atoms with van der Waals surface area (Å²) in [6.45, 7) is 4.39. The van der Waals surface area contributed by atoms with Crippen molar-refractivity contribution < 1.29 is 0 Å². The van der Waals surface area contributed by atoms with Crippen molar-refractivity contribution in [3.63, 3.8) is 0 Å². The van der Waals surface area contributed by atoms with Crippen molar-refractivity contribution in [2.75, 3.05) is 0 Å². The minimum Gasteiger partial charge on any atom is -0.315 e. The molecule has 2 saturated carbocycles. The molecule has 1 aromatic rings. The van der Waals surface area contributed by atoms with Crippen LogP contribution in [0.1, 0.15) is 50.9 Å². The summed E-state index contributed by atoms with van der Waals surface area (Å²) in [5.74, 6) is 3.98. The van der Waals surface area contributed by atoms with E-state index in [9.17, 15) is 0 Å². The van der Waals surface area contributed by atoms with E-state index in [2.05, 4.69) is 28.6 Å². The zero-order chi connectivity index (χ0) is 9.71. The molecule has 0 radical (unpaired) electrons. The first-order valence-electron chi connectivity index (χ1n) is 5.65. The lowest BCUT2D eigenvalue weighted by Crippen LogP contribution is -2.09. The van der Waals surface area contributed by atoms with Crippen molar-refractivity contribution in [1.82, 2.24) is 14.8 Å². The molecule has 2 aliphatic carbocycles. The lowest BCUT2D eigenvalue weighted by atomic mass is 10.0. The highest BCUT2D eigenvalue weighted by molar-refractivity contribution is 5.09. The minimum absolute atomic E-state index is 0.497. The van der Waals surface area contributed by atoms with E-state index >= 15 is 0 Å². The van der Waals surface area contributed by atoms with E-state index < -0.39 is 0 Å². The average molecular weight is 191 g/mol. The zero-order valence-corrected chi connectivity index (χ0v) is 8.85. The predicted molar refractivity (Wildman–Crippen MR) is 54.0 cm³/mol. The van der Waals surface area contributed by atoms with Crippen molar-refractivity contribution in [2.24, 2.45) is 11.8 Å². The summed E-state index contributed by atoms with van der Waals surface area (Å²) < 4.78 is 2.23. The largest absolute Gasteiger partial charge is 0.315 e. The van der Waals surface area contributed by atoms with Gasteiger partial charge in [0.25, 0.3) is 0 Å².